The van der Waals surface area contributed by atoms with Gasteiger partial charge in [0, 0.05) is 12.0 Å². The Balaban J connectivity index is 2.83. The van der Waals surface area contributed by atoms with Gasteiger partial charge in [0.05, 0.1) is 11.6 Å². The molecule has 0 saturated heterocycles. The highest BCUT2D eigenvalue weighted by Crippen LogP contribution is 2.09. The third-order valence-corrected chi connectivity index (χ3v) is 1.78. The molecule has 0 spiro atoms. The zero-order valence-electron chi connectivity index (χ0n) is 7.53. The Morgan fingerprint density at radius 1 is 1.57 bits per heavy atom. The van der Waals surface area contributed by atoms with Gasteiger partial charge in [0.25, 0.3) is 0 Å². The Morgan fingerprint density at radius 3 is 2.86 bits per heavy atom. The molecule has 0 radical (unpaired) electrons. The summed E-state index contributed by atoms with van der Waals surface area (Å²) in [6.07, 6.45) is 0.269. The molecular weight excluding hydrogens is 178 g/mol. The monoisotopic (exact) mass is 187 g/mol. The van der Waals surface area contributed by atoms with Gasteiger partial charge in [-0.2, -0.15) is 5.26 Å². The van der Waals surface area contributed by atoms with Crippen LogP contribution >= 0.6 is 0 Å². The van der Waals surface area contributed by atoms with Crippen LogP contribution in [0.15, 0.2) is 36.4 Å². The minimum atomic E-state index is -1.01. The molecule has 0 aliphatic carbocycles. The fourth-order valence-corrected chi connectivity index (χ4v) is 1.07. The topological polar surface area (TPSA) is 61.1 Å². The molecule has 1 aromatic rings. The predicted molar refractivity (Wildman–Crippen MR) is 51.6 cm³/mol. The smallest absolute Gasteiger partial charge is 0.331 e. The SMILES string of the molecule is C=C(Cc1cccc(C#N)c1)C(=O)O. The average Bonchev–Trinajstić information content (AvgIpc) is 2.18. The van der Waals surface area contributed by atoms with E-state index in [9.17, 15) is 4.79 Å². The maximum atomic E-state index is 10.5. The van der Waals surface area contributed by atoms with Gasteiger partial charge < -0.3 is 5.11 Å². The summed E-state index contributed by atoms with van der Waals surface area (Å²) in [5.74, 6) is -1.01. The van der Waals surface area contributed by atoms with E-state index < -0.39 is 5.97 Å². The first-order valence-corrected chi connectivity index (χ1v) is 4.03. The van der Waals surface area contributed by atoms with E-state index >= 15 is 0 Å². The lowest BCUT2D eigenvalue weighted by molar-refractivity contribution is -0.132. The van der Waals surface area contributed by atoms with E-state index in [1.54, 1.807) is 24.3 Å². The summed E-state index contributed by atoms with van der Waals surface area (Å²) < 4.78 is 0. The van der Waals surface area contributed by atoms with Crippen molar-refractivity contribution in [2.75, 3.05) is 0 Å². The van der Waals surface area contributed by atoms with Gasteiger partial charge in [-0.1, -0.05) is 18.7 Å². The Morgan fingerprint density at radius 2 is 2.29 bits per heavy atom. The van der Waals surface area contributed by atoms with E-state index in [4.69, 9.17) is 10.4 Å². The van der Waals surface area contributed by atoms with Crippen molar-refractivity contribution in [3.63, 3.8) is 0 Å². The van der Waals surface area contributed by atoms with Gasteiger partial charge >= 0.3 is 5.97 Å². The first kappa shape index (κ1) is 10.0. The van der Waals surface area contributed by atoms with E-state index in [0.29, 0.717) is 5.56 Å². The Bertz CT molecular complexity index is 416. The van der Waals surface area contributed by atoms with Gasteiger partial charge in [-0.05, 0) is 17.7 Å². The van der Waals surface area contributed by atoms with Crippen molar-refractivity contribution in [3.8, 4) is 6.07 Å². The molecule has 0 aliphatic rings. The summed E-state index contributed by atoms with van der Waals surface area (Å²) in [4.78, 5) is 10.5. The van der Waals surface area contributed by atoms with E-state index in [1.165, 1.54) is 0 Å². The first-order chi connectivity index (χ1) is 6.63. The van der Waals surface area contributed by atoms with Gasteiger partial charge in [-0.3, -0.25) is 0 Å². The molecule has 0 fully saturated rings. The maximum Gasteiger partial charge on any atom is 0.331 e. The van der Waals surface area contributed by atoms with Crippen molar-refractivity contribution in [2.24, 2.45) is 0 Å². The van der Waals surface area contributed by atoms with E-state index in [-0.39, 0.29) is 12.0 Å². The van der Waals surface area contributed by atoms with Gasteiger partial charge in [-0.25, -0.2) is 4.79 Å². The van der Waals surface area contributed by atoms with Gasteiger partial charge in [0.1, 0.15) is 0 Å². The highest BCUT2D eigenvalue weighted by atomic mass is 16.4. The lowest BCUT2D eigenvalue weighted by atomic mass is 10.0. The van der Waals surface area contributed by atoms with Crippen molar-refractivity contribution in [1.82, 2.24) is 0 Å². The molecule has 1 rings (SSSR count). The number of rotatable bonds is 3. The summed E-state index contributed by atoms with van der Waals surface area (Å²) in [6.45, 7) is 3.42. The zero-order chi connectivity index (χ0) is 10.6. The molecule has 0 aromatic heterocycles. The standard InChI is InChI=1S/C11H9NO2/c1-8(11(13)14)5-9-3-2-4-10(6-9)7-12/h2-4,6H,1,5H2,(H,13,14). The predicted octanol–water partition coefficient (Wildman–Crippen LogP) is 1.74. The maximum absolute atomic E-state index is 10.5. The molecule has 70 valence electrons. The highest BCUT2D eigenvalue weighted by Gasteiger charge is 2.05. The molecule has 0 saturated carbocycles. The molecule has 0 heterocycles. The van der Waals surface area contributed by atoms with Crippen LogP contribution in [0.2, 0.25) is 0 Å². The Labute approximate surface area is 81.9 Å². The molecule has 3 nitrogen and oxygen atoms in total. The van der Waals surface area contributed by atoms with Crippen molar-refractivity contribution in [3.05, 3.63) is 47.5 Å². The summed E-state index contributed by atoms with van der Waals surface area (Å²) in [7, 11) is 0. The summed E-state index contributed by atoms with van der Waals surface area (Å²) in [5.41, 5.74) is 1.44. The van der Waals surface area contributed by atoms with Crippen LogP contribution in [0.1, 0.15) is 11.1 Å². The lowest BCUT2D eigenvalue weighted by Crippen LogP contribution is -2.02. The van der Waals surface area contributed by atoms with E-state index in [1.807, 2.05) is 6.07 Å². The zero-order valence-corrected chi connectivity index (χ0v) is 7.53. The minimum Gasteiger partial charge on any atom is -0.478 e. The number of carbonyl (C=O) groups is 1. The Kier molecular flexibility index (Phi) is 3.03. The summed E-state index contributed by atoms with van der Waals surface area (Å²) in [5, 5.41) is 17.2. The second-order valence-corrected chi connectivity index (χ2v) is 2.90. The molecule has 3 heteroatoms. The van der Waals surface area contributed by atoms with Crippen LogP contribution in [0.25, 0.3) is 0 Å². The number of aliphatic carboxylic acids is 1. The summed E-state index contributed by atoms with van der Waals surface area (Å²) in [6, 6.07) is 8.83. The van der Waals surface area contributed by atoms with E-state index in [2.05, 4.69) is 6.58 Å². The molecule has 0 amide bonds. The third kappa shape index (κ3) is 2.46. The average molecular weight is 187 g/mol. The second-order valence-electron chi connectivity index (χ2n) is 2.90. The molecule has 0 bridgehead atoms. The number of nitrogens with zero attached hydrogens (tertiary/aromatic N) is 1. The van der Waals surface area contributed by atoms with Crippen LogP contribution in [0.4, 0.5) is 0 Å². The fourth-order valence-electron chi connectivity index (χ4n) is 1.07. The van der Waals surface area contributed by atoms with Crippen molar-refractivity contribution in [1.29, 1.82) is 5.26 Å². The molecule has 0 aliphatic heterocycles. The van der Waals surface area contributed by atoms with Crippen LogP contribution in [0.5, 0.6) is 0 Å². The number of benzene rings is 1. The quantitative estimate of drug-likeness (QED) is 0.733. The van der Waals surface area contributed by atoms with Crippen LogP contribution in [0.3, 0.4) is 0 Å². The highest BCUT2D eigenvalue weighted by molar-refractivity contribution is 5.86. The van der Waals surface area contributed by atoms with Crippen LogP contribution < -0.4 is 0 Å². The Hall–Kier alpha value is -2.08. The van der Waals surface area contributed by atoms with Gasteiger partial charge in [0.2, 0.25) is 0 Å². The number of carboxylic acid groups (broad SMARTS) is 1. The first-order valence-electron chi connectivity index (χ1n) is 4.03. The molecular formula is C11H9NO2. The number of nitriles is 1. The summed E-state index contributed by atoms with van der Waals surface area (Å²) >= 11 is 0. The van der Waals surface area contributed by atoms with E-state index in [0.717, 1.165) is 5.56 Å². The minimum absolute atomic E-state index is 0.125. The third-order valence-electron chi connectivity index (χ3n) is 1.78. The van der Waals surface area contributed by atoms with Gasteiger partial charge in [0.15, 0.2) is 0 Å². The number of hydrogen-bond acceptors (Lipinski definition) is 2. The molecule has 14 heavy (non-hydrogen) atoms. The lowest BCUT2D eigenvalue weighted by Gasteiger charge is -2.00. The van der Waals surface area contributed by atoms with Gasteiger partial charge in [-0.15, -0.1) is 0 Å². The molecule has 0 atom stereocenters. The number of hydrogen-bond donors (Lipinski definition) is 1. The normalized spacial score (nSPS) is 9.07. The fraction of sp³-hybridized carbons (Fsp3) is 0.0909. The molecule has 1 N–H and O–H groups in total. The molecule has 0 unspecified atom stereocenters. The van der Waals surface area contributed by atoms with Crippen molar-refractivity contribution < 1.29 is 9.90 Å². The number of carboxylic acids is 1. The van der Waals surface area contributed by atoms with Crippen LogP contribution in [-0.2, 0) is 11.2 Å². The van der Waals surface area contributed by atoms with Crippen molar-refractivity contribution in [2.45, 2.75) is 6.42 Å². The van der Waals surface area contributed by atoms with Crippen LogP contribution in [-0.4, -0.2) is 11.1 Å². The van der Waals surface area contributed by atoms with Crippen molar-refractivity contribution >= 4 is 5.97 Å². The largest absolute Gasteiger partial charge is 0.478 e. The second kappa shape index (κ2) is 4.24. The molecule has 1 aromatic carbocycles. The van der Waals surface area contributed by atoms with Crippen LogP contribution in [0, 0.1) is 11.3 Å².